The molecule has 1 aliphatic heterocycles. The van der Waals surface area contributed by atoms with Gasteiger partial charge in [-0.1, -0.05) is 18.2 Å². The highest BCUT2D eigenvalue weighted by molar-refractivity contribution is 6.28. The third kappa shape index (κ3) is 3.71. The highest BCUT2D eigenvalue weighted by atomic mass is 35.5. The topological polar surface area (TPSA) is 122 Å². The molecule has 0 unspecified atom stereocenters. The van der Waals surface area contributed by atoms with Gasteiger partial charge in [-0.15, -0.1) is 0 Å². The normalized spacial score (nSPS) is 24.0. The summed E-state index contributed by atoms with van der Waals surface area (Å²) >= 11 is 5.94. The van der Waals surface area contributed by atoms with E-state index in [0.717, 1.165) is 0 Å². The van der Waals surface area contributed by atoms with Gasteiger partial charge in [-0.05, 0) is 36.7 Å². The molecule has 0 radical (unpaired) electrons. The predicted octanol–water partition coefficient (Wildman–Crippen LogP) is 2.92. The van der Waals surface area contributed by atoms with Crippen molar-refractivity contribution in [1.29, 1.82) is 0 Å². The van der Waals surface area contributed by atoms with E-state index >= 15 is 0 Å². The smallest absolute Gasteiger partial charge is 0.427 e. The maximum Gasteiger partial charge on any atom is 0.514 e. The zero-order chi connectivity index (χ0) is 20.6. The van der Waals surface area contributed by atoms with Gasteiger partial charge in [0.1, 0.15) is 35.1 Å². The maximum atomic E-state index is 12.2. The summed E-state index contributed by atoms with van der Waals surface area (Å²) in [4.78, 5) is 20.4. The number of hydrogen-bond donors (Lipinski definition) is 2. The van der Waals surface area contributed by atoms with Gasteiger partial charge in [0.05, 0.1) is 12.0 Å². The Kier molecular flexibility index (Phi) is 5.03. The maximum absolute atomic E-state index is 12.2. The first kappa shape index (κ1) is 19.4. The molecule has 3 atom stereocenters. The second kappa shape index (κ2) is 7.51. The van der Waals surface area contributed by atoms with Crippen LogP contribution in [0.3, 0.4) is 0 Å². The van der Waals surface area contributed by atoms with E-state index in [4.69, 9.17) is 31.5 Å². The number of carbonyl (C=O) groups is 1. The van der Waals surface area contributed by atoms with E-state index in [1.54, 1.807) is 54.1 Å². The van der Waals surface area contributed by atoms with Crippen LogP contribution in [0.4, 0.5) is 10.6 Å². The van der Waals surface area contributed by atoms with Crippen molar-refractivity contribution in [2.75, 3.05) is 12.3 Å². The fraction of sp³-hybridized carbons (Fsp3) is 0.316. The molecule has 10 heteroatoms. The van der Waals surface area contributed by atoms with Crippen molar-refractivity contribution in [2.45, 2.75) is 31.3 Å². The number of rotatable bonds is 4. The number of nitrogens with zero attached hydrogens (tertiary/aromatic N) is 3. The molecule has 3 aromatic rings. The number of para-hydroxylation sites is 1. The largest absolute Gasteiger partial charge is 0.514 e. The minimum Gasteiger partial charge on any atom is -0.427 e. The van der Waals surface area contributed by atoms with Gasteiger partial charge in [0, 0.05) is 12.6 Å². The van der Waals surface area contributed by atoms with Crippen LogP contribution in [0.1, 0.15) is 19.6 Å². The molecule has 152 valence electrons. The SMILES string of the molecule is C[C@]1(CO)O[C@@H](n2ccc3c(N)nc(Cl)nc32)C[C@@H]1OC(=O)Oc1ccccc1. The molecule has 0 aliphatic carbocycles. The van der Waals surface area contributed by atoms with Crippen LogP contribution in [0.15, 0.2) is 42.6 Å². The van der Waals surface area contributed by atoms with Gasteiger partial charge < -0.3 is 29.6 Å². The Hall–Kier alpha value is -2.88. The van der Waals surface area contributed by atoms with E-state index in [0.29, 0.717) is 16.8 Å². The molecule has 4 rings (SSSR count). The first-order valence-corrected chi connectivity index (χ1v) is 9.29. The summed E-state index contributed by atoms with van der Waals surface area (Å²) in [5.74, 6) is 0.609. The van der Waals surface area contributed by atoms with Crippen molar-refractivity contribution >= 4 is 34.6 Å². The molecule has 1 aliphatic rings. The highest BCUT2D eigenvalue weighted by Gasteiger charge is 2.48. The Morgan fingerprint density at radius 3 is 2.86 bits per heavy atom. The van der Waals surface area contributed by atoms with E-state index in [1.807, 2.05) is 0 Å². The summed E-state index contributed by atoms with van der Waals surface area (Å²) in [7, 11) is 0. The molecule has 2 aromatic heterocycles. The standard InChI is InChI=1S/C19H19ClN4O5/c1-19(10-25)13(28-18(26)27-11-5-3-2-4-6-11)9-14(29-19)24-8-7-12-15(21)22-17(20)23-16(12)24/h2-8,13-14,25H,9-10H2,1H3,(H2,21,22,23)/t13-,14+,19+/m0/s1. The predicted molar refractivity (Wildman–Crippen MR) is 105 cm³/mol. The second-order valence-corrected chi connectivity index (χ2v) is 7.23. The first-order chi connectivity index (χ1) is 13.9. The number of halogens is 1. The monoisotopic (exact) mass is 418 g/mol. The lowest BCUT2D eigenvalue weighted by Crippen LogP contribution is -2.42. The fourth-order valence-corrected chi connectivity index (χ4v) is 3.51. The number of aromatic nitrogens is 3. The van der Waals surface area contributed by atoms with Gasteiger partial charge in [-0.25, -0.2) is 9.78 Å². The Morgan fingerprint density at radius 2 is 2.14 bits per heavy atom. The number of aliphatic hydroxyl groups excluding tert-OH is 1. The number of benzene rings is 1. The summed E-state index contributed by atoms with van der Waals surface area (Å²) in [5, 5.41) is 10.5. The van der Waals surface area contributed by atoms with Crippen LogP contribution in [0.25, 0.3) is 11.0 Å². The van der Waals surface area contributed by atoms with Gasteiger partial charge in [0.2, 0.25) is 5.28 Å². The lowest BCUT2D eigenvalue weighted by atomic mass is 10.0. The number of fused-ring (bicyclic) bond motifs is 1. The summed E-state index contributed by atoms with van der Waals surface area (Å²) in [6.07, 6.45) is -0.187. The first-order valence-electron chi connectivity index (χ1n) is 8.91. The molecule has 1 aromatic carbocycles. The molecule has 3 heterocycles. The summed E-state index contributed by atoms with van der Waals surface area (Å²) in [6.45, 7) is 1.30. The van der Waals surface area contributed by atoms with E-state index in [1.165, 1.54) is 0 Å². The van der Waals surface area contributed by atoms with Crippen molar-refractivity contribution in [3.05, 3.63) is 47.9 Å². The quantitative estimate of drug-likeness (QED) is 0.376. The molecule has 1 saturated heterocycles. The van der Waals surface area contributed by atoms with Crippen molar-refractivity contribution in [1.82, 2.24) is 14.5 Å². The number of hydrogen-bond acceptors (Lipinski definition) is 8. The van der Waals surface area contributed by atoms with E-state index in [9.17, 15) is 9.90 Å². The third-order valence-electron chi connectivity index (χ3n) is 4.88. The Morgan fingerprint density at radius 1 is 1.38 bits per heavy atom. The molecular formula is C19H19ClN4O5. The van der Waals surface area contributed by atoms with Crippen molar-refractivity contribution in [2.24, 2.45) is 0 Å². The minimum absolute atomic E-state index is 0.0112. The average Bonchev–Trinajstić information content (AvgIpc) is 3.24. The molecule has 9 nitrogen and oxygen atoms in total. The number of ether oxygens (including phenoxy) is 3. The average molecular weight is 419 g/mol. The highest BCUT2D eigenvalue weighted by Crippen LogP contribution is 2.40. The Balaban J connectivity index is 1.55. The van der Waals surface area contributed by atoms with Gasteiger partial charge in [-0.3, -0.25) is 0 Å². The summed E-state index contributed by atoms with van der Waals surface area (Å²) < 4.78 is 18.4. The molecule has 0 spiro atoms. The van der Waals surface area contributed by atoms with Crippen LogP contribution in [-0.2, 0) is 9.47 Å². The zero-order valence-corrected chi connectivity index (χ0v) is 16.2. The van der Waals surface area contributed by atoms with Crippen LogP contribution < -0.4 is 10.5 Å². The van der Waals surface area contributed by atoms with Crippen LogP contribution in [0.5, 0.6) is 5.75 Å². The van der Waals surface area contributed by atoms with Crippen LogP contribution >= 0.6 is 11.6 Å². The number of carbonyl (C=O) groups excluding carboxylic acids is 1. The summed E-state index contributed by atoms with van der Waals surface area (Å²) in [6, 6.07) is 10.3. The van der Waals surface area contributed by atoms with Crippen molar-refractivity contribution < 1.29 is 24.1 Å². The van der Waals surface area contributed by atoms with E-state index in [-0.39, 0.29) is 24.1 Å². The molecular weight excluding hydrogens is 400 g/mol. The Labute approximate surface area is 171 Å². The van der Waals surface area contributed by atoms with E-state index in [2.05, 4.69) is 9.97 Å². The molecule has 3 N–H and O–H groups in total. The van der Waals surface area contributed by atoms with Gasteiger partial charge >= 0.3 is 6.16 Å². The number of anilines is 1. The molecule has 0 saturated carbocycles. The zero-order valence-electron chi connectivity index (χ0n) is 15.5. The van der Waals surface area contributed by atoms with Crippen LogP contribution in [0, 0.1) is 0 Å². The van der Waals surface area contributed by atoms with Crippen molar-refractivity contribution in [3.63, 3.8) is 0 Å². The molecule has 0 amide bonds. The second-order valence-electron chi connectivity index (χ2n) is 6.89. The molecule has 0 bridgehead atoms. The molecule has 1 fully saturated rings. The summed E-state index contributed by atoms with van der Waals surface area (Å²) in [5.41, 5.74) is 5.26. The van der Waals surface area contributed by atoms with Crippen LogP contribution in [0.2, 0.25) is 5.28 Å². The van der Waals surface area contributed by atoms with Gasteiger partial charge in [0.15, 0.2) is 0 Å². The van der Waals surface area contributed by atoms with Gasteiger partial charge in [0.25, 0.3) is 0 Å². The Bertz CT molecular complexity index is 1040. The lowest BCUT2D eigenvalue weighted by Gasteiger charge is -2.27. The van der Waals surface area contributed by atoms with Crippen molar-refractivity contribution in [3.8, 4) is 5.75 Å². The fourth-order valence-electron chi connectivity index (χ4n) is 3.34. The number of aliphatic hydroxyl groups is 1. The van der Waals surface area contributed by atoms with Gasteiger partial charge in [-0.2, -0.15) is 4.98 Å². The third-order valence-corrected chi connectivity index (χ3v) is 5.05. The number of nitrogen functional groups attached to an aromatic ring is 1. The van der Waals surface area contributed by atoms with Crippen LogP contribution in [-0.4, -0.2) is 44.1 Å². The number of nitrogens with two attached hydrogens (primary N) is 1. The molecule has 29 heavy (non-hydrogen) atoms. The van der Waals surface area contributed by atoms with E-state index < -0.39 is 24.1 Å². The lowest BCUT2D eigenvalue weighted by molar-refractivity contribution is -0.119. The minimum atomic E-state index is -1.13.